The topological polar surface area (TPSA) is 37.0 Å². The SMILES string of the molecule is Cc1cccnc1NC(=S)NCCC(C)C. The Labute approximate surface area is 103 Å². The van der Waals surface area contributed by atoms with Crippen LogP contribution >= 0.6 is 12.2 Å². The third-order valence-electron chi connectivity index (χ3n) is 2.25. The molecule has 0 unspecified atom stereocenters. The fraction of sp³-hybridized carbons (Fsp3) is 0.500. The van der Waals surface area contributed by atoms with Gasteiger partial charge in [0.15, 0.2) is 5.11 Å². The number of nitrogens with one attached hydrogen (secondary N) is 2. The summed E-state index contributed by atoms with van der Waals surface area (Å²) < 4.78 is 0. The first-order valence-electron chi connectivity index (χ1n) is 5.56. The van der Waals surface area contributed by atoms with Crippen molar-refractivity contribution in [3.05, 3.63) is 23.9 Å². The Kier molecular flexibility index (Phi) is 5.19. The lowest BCUT2D eigenvalue weighted by Gasteiger charge is -2.12. The fourth-order valence-corrected chi connectivity index (χ4v) is 1.44. The lowest BCUT2D eigenvalue weighted by Crippen LogP contribution is -2.30. The molecule has 1 rings (SSSR count). The van der Waals surface area contributed by atoms with Crippen molar-refractivity contribution in [3.63, 3.8) is 0 Å². The molecule has 2 N–H and O–H groups in total. The van der Waals surface area contributed by atoms with Gasteiger partial charge in [0.25, 0.3) is 0 Å². The van der Waals surface area contributed by atoms with Crippen molar-refractivity contribution in [2.75, 3.05) is 11.9 Å². The highest BCUT2D eigenvalue weighted by Gasteiger charge is 2.01. The maximum absolute atomic E-state index is 5.19. The van der Waals surface area contributed by atoms with Crippen LogP contribution in [0.1, 0.15) is 25.8 Å². The molecule has 0 aliphatic heterocycles. The van der Waals surface area contributed by atoms with Crippen LogP contribution in [0.15, 0.2) is 18.3 Å². The Bertz CT molecular complexity index is 350. The smallest absolute Gasteiger partial charge is 0.171 e. The largest absolute Gasteiger partial charge is 0.362 e. The average molecular weight is 237 g/mol. The van der Waals surface area contributed by atoms with Crippen LogP contribution < -0.4 is 10.6 Å². The molecule has 88 valence electrons. The van der Waals surface area contributed by atoms with E-state index in [1.807, 2.05) is 19.1 Å². The number of hydrogen-bond acceptors (Lipinski definition) is 2. The lowest BCUT2D eigenvalue weighted by molar-refractivity contribution is 0.579. The first kappa shape index (κ1) is 12.9. The second-order valence-corrected chi connectivity index (χ2v) is 4.64. The molecule has 0 fully saturated rings. The van der Waals surface area contributed by atoms with Crippen LogP contribution in [0.2, 0.25) is 0 Å². The van der Waals surface area contributed by atoms with Crippen LogP contribution in [0, 0.1) is 12.8 Å². The van der Waals surface area contributed by atoms with Crippen molar-refractivity contribution in [1.29, 1.82) is 0 Å². The molecule has 0 aliphatic rings. The molecule has 0 saturated heterocycles. The van der Waals surface area contributed by atoms with Crippen molar-refractivity contribution in [2.45, 2.75) is 27.2 Å². The summed E-state index contributed by atoms with van der Waals surface area (Å²) in [5, 5.41) is 6.90. The highest BCUT2D eigenvalue weighted by atomic mass is 32.1. The lowest BCUT2D eigenvalue weighted by atomic mass is 10.1. The van der Waals surface area contributed by atoms with E-state index < -0.39 is 0 Å². The molecular weight excluding hydrogens is 218 g/mol. The number of anilines is 1. The average Bonchev–Trinajstić information content (AvgIpc) is 2.21. The number of rotatable bonds is 4. The molecule has 4 heteroatoms. The Morgan fingerprint density at radius 2 is 2.25 bits per heavy atom. The van der Waals surface area contributed by atoms with Gasteiger partial charge in [0.1, 0.15) is 5.82 Å². The van der Waals surface area contributed by atoms with Gasteiger partial charge in [-0.1, -0.05) is 19.9 Å². The van der Waals surface area contributed by atoms with E-state index in [-0.39, 0.29) is 0 Å². The number of aromatic nitrogens is 1. The summed E-state index contributed by atoms with van der Waals surface area (Å²) >= 11 is 5.19. The van der Waals surface area contributed by atoms with Gasteiger partial charge in [-0.2, -0.15) is 0 Å². The highest BCUT2D eigenvalue weighted by molar-refractivity contribution is 7.80. The van der Waals surface area contributed by atoms with Crippen LogP contribution in [0.3, 0.4) is 0 Å². The van der Waals surface area contributed by atoms with Crippen LogP contribution in [-0.4, -0.2) is 16.6 Å². The second kappa shape index (κ2) is 6.43. The van der Waals surface area contributed by atoms with Crippen LogP contribution in [0.25, 0.3) is 0 Å². The van der Waals surface area contributed by atoms with Gasteiger partial charge in [0, 0.05) is 12.7 Å². The zero-order valence-electron chi connectivity index (χ0n) is 10.1. The highest BCUT2D eigenvalue weighted by Crippen LogP contribution is 2.08. The molecule has 1 aromatic heterocycles. The zero-order chi connectivity index (χ0) is 12.0. The molecule has 0 spiro atoms. The molecule has 16 heavy (non-hydrogen) atoms. The van der Waals surface area contributed by atoms with Crippen LogP contribution in [-0.2, 0) is 0 Å². The van der Waals surface area contributed by atoms with Crippen molar-refractivity contribution >= 4 is 23.1 Å². The Balaban J connectivity index is 2.37. The molecule has 1 aromatic rings. The number of nitrogens with zero attached hydrogens (tertiary/aromatic N) is 1. The number of hydrogen-bond donors (Lipinski definition) is 2. The Morgan fingerprint density at radius 3 is 2.88 bits per heavy atom. The fourth-order valence-electron chi connectivity index (χ4n) is 1.24. The summed E-state index contributed by atoms with van der Waals surface area (Å²) in [6, 6.07) is 3.92. The van der Waals surface area contributed by atoms with Crippen molar-refractivity contribution in [2.24, 2.45) is 5.92 Å². The second-order valence-electron chi connectivity index (χ2n) is 4.23. The third kappa shape index (κ3) is 4.57. The molecule has 0 bridgehead atoms. The summed E-state index contributed by atoms with van der Waals surface area (Å²) in [5.74, 6) is 1.51. The summed E-state index contributed by atoms with van der Waals surface area (Å²) in [6.07, 6.45) is 2.87. The number of thiocarbonyl (C=S) groups is 1. The normalized spacial score (nSPS) is 10.2. The maximum atomic E-state index is 5.19. The van der Waals surface area contributed by atoms with Crippen molar-refractivity contribution in [1.82, 2.24) is 10.3 Å². The monoisotopic (exact) mass is 237 g/mol. The quantitative estimate of drug-likeness (QED) is 0.790. The minimum Gasteiger partial charge on any atom is -0.362 e. The molecule has 0 saturated carbocycles. The molecule has 3 nitrogen and oxygen atoms in total. The van der Waals surface area contributed by atoms with Crippen molar-refractivity contribution in [3.8, 4) is 0 Å². The number of aryl methyl sites for hydroxylation is 1. The van der Waals surface area contributed by atoms with Gasteiger partial charge in [0.2, 0.25) is 0 Å². The number of pyridine rings is 1. The first-order valence-corrected chi connectivity index (χ1v) is 5.97. The Hall–Kier alpha value is -1.16. The van der Waals surface area contributed by atoms with Crippen LogP contribution in [0.4, 0.5) is 5.82 Å². The third-order valence-corrected chi connectivity index (χ3v) is 2.50. The summed E-state index contributed by atoms with van der Waals surface area (Å²) in [6.45, 7) is 7.30. The van der Waals surface area contributed by atoms with E-state index in [1.54, 1.807) is 6.20 Å². The van der Waals surface area contributed by atoms with Gasteiger partial charge in [-0.3, -0.25) is 0 Å². The minimum atomic E-state index is 0.641. The predicted octanol–water partition coefficient (Wildman–Crippen LogP) is 2.72. The maximum Gasteiger partial charge on any atom is 0.171 e. The molecule has 1 heterocycles. The minimum absolute atomic E-state index is 0.641. The molecule has 0 amide bonds. The summed E-state index contributed by atoms with van der Waals surface area (Å²) in [4.78, 5) is 4.22. The predicted molar refractivity (Wildman–Crippen MR) is 72.7 cm³/mol. The van der Waals surface area contributed by atoms with E-state index in [2.05, 4.69) is 29.5 Å². The van der Waals surface area contributed by atoms with E-state index in [9.17, 15) is 0 Å². The van der Waals surface area contributed by atoms with E-state index in [0.29, 0.717) is 11.0 Å². The van der Waals surface area contributed by atoms with Gasteiger partial charge in [-0.05, 0) is 43.1 Å². The molecule has 0 aromatic carbocycles. The standard InChI is InChI=1S/C12H19N3S/c1-9(2)6-8-14-12(16)15-11-10(3)5-4-7-13-11/h4-5,7,9H,6,8H2,1-3H3,(H2,13,14,15,16). The zero-order valence-corrected chi connectivity index (χ0v) is 10.9. The van der Waals surface area contributed by atoms with Gasteiger partial charge in [0.05, 0.1) is 0 Å². The van der Waals surface area contributed by atoms with Gasteiger partial charge in [-0.25, -0.2) is 4.98 Å². The summed E-state index contributed by atoms with van der Waals surface area (Å²) in [5.41, 5.74) is 1.09. The van der Waals surface area contributed by atoms with E-state index in [1.165, 1.54) is 0 Å². The first-order chi connectivity index (χ1) is 7.59. The molecule has 0 atom stereocenters. The molecule has 0 aliphatic carbocycles. The Morgan fingerprint density at radius 1 is 1.50 bits per heavy atom. The molecular formula is C12H19N3S. The summed E-state index contributed by atoms with van der Waals surface area (Å²) in [7, 11) is 0. The van der Waals surface area contributed by atoms with E-state index >= 15 is 0 Å². The molecule has 0 radical (unpaired) electrons. The van der Waals surface area contributed by atoms with E-state index in [4.69, 9.17) is 12.2 Å². The van der Waals surface area contributed by atoms with Gasteiger partial charge < -0.3 is 10.6 Å². The van der Waals surface area contributed by atoms with Crippen LogP contribution in [0.5, 0.6) is 0 Å². The van der Waals surface area contributed by atoms with Gasteiger partial charge in [-0.15, -0.1) is 0 Å². The van der Waals surface area contributed by atoms with Crippen molar-refractivity contribution < 1.29 is 0 Å². The van der Waals surface area contributed by atoms with Gasteiger partial charge >= 0.3 is 0 Å². The van der Waals surface area contributed by atoms with E-state index in [0.717, 1.165) is 24.3 Å².